The van der Waals surface area contributed by atoms with Crippen LogP contribution in [0.1, 0.15) is 40.5 Å². The zero-order valence-electron chi connectivity index (χ0n) is 10.8. The van der Waals surface area contributed by atoms with E-state index in [1.165, 1.54) is 0 Å². The predicted octanol–water partition coefficient (Wildman–Crippen LogP) is 1.99. The molecule has 0 radical (unpaired) electrons. The molecule has 0 aliphatic carbocycles. The maximum atomic E-state index is 12.0. The van der Waals surface area contributed by atoms with Crippen LogP contribution in [0.15, 0.2) is 0 Å². The summed E-state index contributed by atoms with van der Waals surface area (Å²) in [5.41, 5.74) is 0. The van der Waals surface area contributed by atoms with Gasteiger partial charge in [-0.25, -0.2) is 4.79 Å². The number of ether oxygens (including phenoxy) is 1. The van der Waals surface area contributed by atoms with Crippen molar-refractivity contribution in [2.24, 2.45) is 0 Å². The topological polar surface area (TPSA) is 41.6 Å². The lowest BCUT2D eigenvalue weighted by Crippen LogP contribution is -2.45. The van der Waals surface area contributed by atoms with Gasteiger partial charge in [0.1, 0.15) is 6.10 Å². The summed E-state index contributed by atoms with van der Waals surface area (Å²) in [5, 5.41) is 3.26. The Morgan fingerprint density at radius 3 is 2.12 bits per heavy atom. The van der Waals surface area contributed by atoms with Crippen LogP contribution in [0.2, 0.25) is 0 Å². The number of rotatable bonds is 3. The van der Waals surface area contributed by atoms with Crippen molar-refractivity contribution in [2.75, 3.05) is 13.1 Å². The molecule has 4 nitrogen and oxygen atoms in total. The molecule has 1 amide bonds. The summed E-state index contributed by atoms with van der Waals surface area (Å²) in [7, 11) is 0. The Balaban J connectivity index is 2.47. The lowest BCUT2D eigenvalue weighted by molar-refractivity contribution is 0.0340. The second-order valence-corrected chi connectivity index (χ2v) is 4.93. The van der Waals surface area contributed by atoms with Crippen molar-refractivity contribution in [3.63, 3.8) is 0 Å². The second kappa shape index (κ2) is 6.09. The molecule has 0 bridgehead atoms. The molecule has 1 rings (SSSR count). The van der Waals surface area contributed by atoms with Crippen molar-refractivity contribution in [1.29, 1.82) is 0 Å². The van der Waals surface area contributed by atoms with E-state index in [1.807, 2.05) is 27.7 Å². The van der Waals surface area contributed by atoms with E-state index in [2.05, 4.69) is 5.32 Å². The lowest BCUT2D eigenvalue weighted by Gasteiger charge is -2.32. The Hall–Kier alpha value is -0.770. The van der Waals surface area contributed by atoms with E-state index >= 15 is 0 Å². The van der Waals surface area contributed by atoms with Gasteiger partial charge in [0.2, 0.25) is 0 Å². The number of nitrogens with zero attached hydrogens (tertiary/aromatic N) is 1. The number of hydrogen-bond acceptors (Lipinski definition) is 3. The van der Waals surface area contributed by atoms with Gasteiger partial charge < -0.3 is 15.0 Å². The molecule has 4 heteroatoms. The number of amides is 1. The fourth-order valence-electron chi connectivity index (χ4n) is 2.13. The van der Waals surface area contributed by atoms with Gasteiger partial charge in [-0.05, 0) is 53.6 Å². The lowest BCUT2D eigenvalue weighted by atomic mass is 10.1. The van der Waals surface area contributed by atoms with Crippen LogP contribution >= 0.6 is 0 Å². The molecule has 1 fully saturated rings. The highest BCUT2D eigenvalue weighted by Crippen LogP contribution is 2.13. The molecular formula is C12H24N2O2. The van der Waals surface area contributed by atoms with Crippen LogP contribution in [0.3, 0.4) is 0 Å². The summed E-state index contributed by atoms with van der Waals surface area (Å²) in [6.07, 6.45) is 1.77. The van der Waals surface area contributed by atoms with Crippen molar-refractivity contribution >= 4 is 6.09 Å². The molecule has 94 valence electrons. The van der Waals surface area contributed by atoms with Crippen LogP contribution in [0.25, 0.3) is 0 Å². The van der Waals surface area contributed by atoms with Crippen molar-refractivity contribution in [1.82, 2.24) is 10.2 Å². The smallest absolute Gasteiger partial charge is 0.410 e. The molecule has 0 saturated carbocycles. The summed E-state index contributed by atoms with van der Waals surface area (Å²) >= 11 is 0. The van der Waals surface area contributed by atoms with Gasteiger partial charge in [-0.15, -0.1) is 0 Å². The molecule has 16 heavy (non-hydrogen) atoms. The molecule has 1 saturated heterocycles. The van der Waals surface area contributed by atoms with E-state index < -0.39 is 0 Å². The Morgan fingerprint density at radius 1 is 1.19 bits per heavy atom. The molecule has 0 aromatic heterocycles. The summed E-state index contributed by atoms with van der Waals surface area (Å²) in [5.74, 6) is 0. The van der Waals surface area contributed by atoms with E-state index in [4.69, 9.17) is 4.74 Å². The van der Waals surface area contributed by atoms with E-state index in [1.54, 1.807) is 4.90 Å². The first-order valence-electron chi connectivity index (χ1n) is 6.22. The first kappa shape index (κ1) is 13.3. The molecule has 0 aromatic rings. The van der Waals surface area contributed by atoms with Crippen LogP contribution in [0.5, 0.6) is 0 Å². The van der Waals surface area contributed by atoms with Gasteiger partial charge in [0.15, 0.2) is 0 Å². The van der Waals surface area contributed by atoms with Crippen LogP contribution < -0.4 is 5.32 Å². The summed E-state index contributed by atoms with van der Waals surface area (Å²) in [4.78, 5) is 13.8. The SMILES string of the molecule is CC(C)N(C(=O)OC1CCNCC1)C(C)C. The highest BCUT2D eigenvalue weighted by atomic mass is 16.6. The summed E-state index contributed by atoms with van der Waals surface area (Å²) in [6, 6.07) is 0.378. The van der Waals surface area contributed by atoms with Crippen molar-refractivity contribution in [3.8, 4) is 0 Å². The van der Waals surface area contributed by atoms with E-state index in [-0.39, 0.29) is 24.3 Å². The van der Waals surface area contributed by atoms with Gasteiger partial charge in [0.05, 0.1) is 0 Å². The third-order valence-electron chi connectivity index (χ3n) is 2.88. The molecule has 1 N–H and O–H groups in total. The predicted molar refractivity (Wildman–Crippen MR) is 64.5 cm³/mol. The van der Waals surface area contributed by atoms with Gasteiger partial charge in [-0.1, -0.05) is 0 Å². The Morgan fingerprint density at radius 2 is 1.69 bits per heavy atom. The number of hydrogen-bond donors (Lipinski definition) is 1. The van der Waals surface area contributed by atoms with Crippen LogP contribution in [-0.4, -0.2) is 42.3 Å². The standard InChI is InChI=1S/C12H24N2O2/c1-9(2)14(10(3)4)12(15)16-11-5-7-13-8-6-11/h9-11,13H,5-8H2,1-4H3. The minimum absolute atomic E-state index is 0.0914. The van der Waals surface area contributed by atoms with Crippen molar-refractivity contribution in [2.45, 2.75) is 58.7 Å². The van der Waals surface area contributed by atoms with Gasteiger partial charge in [-0.2, -0.15) is 0 Å². The number of carbonyl (C=O) groups excluding carboxylic acids is 1. The minimum atomic E-state index is -0.170. The van der Waals surface area contributed by atoms with Gasteiger partial charge >= 0.3 is 6.09 Å². The van der Waals surface area contributed by atoms with Crippen LogP contribution in [0.4, 0.5) is 4.79 Å². The molecule has 0 spiro atoms. The average molecular weight is 228 g/mol. The zero-order valence-corrected chi connectivity index (χ0v) is 10.8. The third-order valence-corrected chi connectivity index (χ3v) is 2.88. The first-order chi connectivity index (χ1) is 7.52. The zero-order chi connectivity index (χ0) is 12.1. The quantitative estimate of drug-likeness (QED) is 0.803. The Bertz CT molecular complexity index is 215. The number of carbonyl (C=O) groups is 1. The minimum Gasteiger partial charge on any atom is -0.446 e. The average Bonchev–Trinajstić information content (AvgIpc) is 2.17. The molecule has 1 aliphatic rings. The molecule has 1 aliphatic heterocycles. The summed E-state index contributed by atoms with van der Waals surface area (Å²) < 4.78 is 5.52. The van der Waals surface area contributed by atoms with Gasteiger partial charge in [0, 0.05) is 12.1 Å². The third kappa shape index (κ3) is 3.67. The largest absolute Gasteiger partial charge is 0.446 e. The fraction of sp³-hybridized carbons (Fsp3) is 0.917. The normalized spacial score (nSPS) is 17.9. The molecule has 1 heterocycles. The van der Waals surface area contributed by atoms with E-state index in [9.17, 15) is 4.79 Å². The first-order valence-corrected chi connectivity index (χ1v) is 6.22. The highest BCUT2D eigenvalue weighted by Gasteiger charge is 2.25. The number of nitrogens with one attached hydrogen (secondary N) is 1. The van der Waals surface area contributed by atoms with Crippen molar-refractivity contribution < 1.29 is 9.53 Å². The maximum absolute atomic E-state index is 12.0. The molecule has 0 unspecified atom stereocenters. The van der Waals surface area contributed by atoms with Crippen LogP contribution in [-0.2, 0) is 4.74 Å². The highest BCUT2D eigenvalue weighted by molar-refractivity contribution is 5.68. The number of piperidine rings is 1. The maximum Gasteiger partial charge on any atom is 0.410 e. The summed E-state index contributed by atoms with van der Waals surface area (Å²) in [6.45, 7) is 9.96. The molecular weight excluding hydrogens is 204 g/mol. The van der Waals surface area contributed by atoms with Crippen LogP contribution in [0, 0.1) is 0 Å². The van der Waals surface area contributed by atoms with E-state index in [0.717, 1.165) is 25.9 Å². The second-order valence-electron chi connectivity index (χ2n) is 4.93. The van der Waals surface area contributed by atoms with E-state index in [0.29, 0.717) is 0 Å². The fourth-order valence-corrected chi connectivity index (χ4v) is 2.13. The Kier molecular flexibility index (Phi) is 5.06. The van der Waals surface area contributed by atoms with Gasteiger partial charge in [-0.3, -0.25) is 0 Å². The van der Waals surface area contributed by atoms with Crippen molar-refractivity contribution in [3.05, 3.63) is 0 Å². The molecule has 0 atom stereocenters. The molecule has 0 aromatic carbocycles. The monoisotopic (exact) mass is 228 g/mol. The Labute approximate surface area is 98.3 Å². The van der Waals surface area contributed by atoms with Gasteiger partial charge in [0.25, 0.3) is 0 Å².